The summed E-state index contributed by atoms with van der Waals surface area (Å²) in [6.07, 6.45) is 3.95. The van der Waals surface area contributed by atoms with Crippen LogP contribution in [0, 0.1) is 0 Å². The summed E-state index contributed by atoms with van der Waals surface area (Å²) in [7, 11) is 1.65. The third-order valence-corrected chi connectivity index (χ3v) is 5.00. The van der Waals surface area contributed by atoms with Gasteiger partial charge >= 0.3 is 0 Å². The van der Waals surface area contributed by atoms with E-state index in [1.165, 1.54) is 6.42 Å². The summed E-state index contributed by atoms with van der Waals surface area (Å²) in [5.41, 5.74) is 0.972. The third kappa shape index (κ3) is 3.39. The summed E-state index contributed by atoms with van der Waals surface area (Å²) in [6, 6.07) is 7.69. The van der Waals surface area contributed by atoms with Crippen LogP contribution in [0.25, 0.3) is 11.4 Å². The van der Waals surface area contributed by atoms with Gasteiger partial charge in [-0.15, -0.1) is 5.10 Å². The minimum Gasteiger partial charge on any atom is -0.497 e. The lowest BCUT2D eigenvalue weighted by atomic mass is 9.97. The van der Waals surface area contributed by atoms with Crippen molar-refractivity contribution in [2.45, 2.75) is 42.2 Å². The highest BCUT2D eigenvalue weighted by Gasteiger charge is 2.25. The van der Waals surface area contributed by atoms with E-state index in [-0.39, 0.29) is 11.4 Å². The van der Waals surface area contributed by atoms with Gasteiger partial charge in [-0.1, -0.05) is 24.6 Å². The van der Waals surface area contributed by atoms with Crippen LogP contribution in [0.2, 0.25) is 0 Å². The molecule has 0 saturated heterocycles. The summed E-state index contributed by atoms with van der Waals surface area (Å²) < 4.78 is 5.14. The van der Waals surface area contributed by atoms with Gasteiger partial charge in [0.25, 0.3) is 0 Å². The molecule has 1 aliphatic rings. The van der Waals surface area contributed by atoms with Crippen LogP contribution >= 0.6 is 11.8 Å². The van der Waals surface area contributed by atoms with Crippen LogP contribution in [0.4, 0.5) is 0 Å². The number of ether oxygens (including phenoxy) is 1. The Morgan fingerprint density at radius 3 is 2.71 bits per heavy atom. The minimum absolute atomic E-state index is 0.207. The van der Waals surface area contributed by atoms with Crippen molar-refractivity contribution >= 4 is 11.8 Å². The van der Waals surface area contributed by atoms with Crippen molar-refractivity contribution < 1.29 is 9.84 Å². The molecule has 0 bridgehead atoms. The van der Waals surface area contributed by atoms with E-state index >= 15 is 0 Å². The molecule has 3 rings (SSSR count). The van der Waals surface area contributed by atoms with Gasteiger partial charge in [0.15, 0.2) is 5.82 Å². The summed E-state index contributed by atoms with van der Waals surface area (Å²) in [6.45, 7) is 0. The Kier molecular flexibility index (Phi) is 4.45. The molecule has 2 aromatic rings. The lowest BCUT2D eigenvalue weighted by molar-refractivity contribution is 0.137. The van der Waals surface area contributed by atoms with Crippen molar-refractivity contribution in [3.05, 3.63) is 24.3 Å². The van der Waals surface area contributed by atoms with Crippen molar-refractivity contribution in [2.75, 3.05) is 7.11 Å². The van der Waals surface area contributed by atoms with Gasteiger partial charge < -0.3 is 9.84 Å². The van der Waals surface area contributed by atoms with E-state index in [0.717, 1.165) is 36.4 Å². The Labute approximate surface area is 128 Å². The highest BCUT2D eigenvalue weighted by Crippen LogP contribution is 2.32. The van der Waals surface area contributed by atoms with Gasteiger partial charge in [-0.2, -0.15) is 0 Å². The number of nitrogens with zero attached hydrogens (tertiary/aromatic N) is 2. The Hall–Kier alpha value is -1.53. The second kappa shape index (κ2) is 6.49. The monoisotopic (exact) mass is 305 g/mol. The molecule has 1 heterocycles. The highest BCUT2D eigenvalue weighted by atomic mass is 32.2. The molecular weight excluding hydrogens is 286 g/mol. The Morgan fingerprint density at radius 1 is 1.24 bits per heavy atom. The van der Waals surface area contributed by atoms with E-state index < -0.39 is 0 Å². The molecule has 1 saturated carbocycles. The predicted molar refractivity (Wildman–Crippen MR) is 82.5 cm³/mol. The Bertz CT molecular complexity index is 585. The quantitative estimate of drug-likeness (QED) is 0.909. The first-order valence-electron chi connectivity index (χ1n) is 7.18. The number of nitrogens with one attached hydrogen (secondary N) is 1. The average molecular weight is 305 g/mol. The van der Waals surface area contributed by atoms with Crippen molar-refractivity contribution in [2.24, 2.45) is 0 Å². The van der Waals surface area contributed by atoms with E-state index in [1.54, 1.807) is 18.9 Å². The first kappa shape index (κ1) is 14.4. The van der Waals surface area contributed by atoms with Crippen LogP contribution in [0.5, 0.6) is 5.75 Å². The van der Waals surface area contributed by atoms with Crippen molar-refractivity contribution in [3.8, 4) is 17.1 Å². The molecule has 0 amide bonds. The number of hydrogen-bond donors (Lipinski definition) is 2. The normalized spacial score (nSPS) is 22.2. The highest BCUT2D eigenvalue weighted by molar-refractivity contribution is 7.99. The Balaban J connectivity index is 1.70. The summed E-state index contributed by atoms with van der Waals surface area (Å²) in [4.78, 5) is 4.51. The largest absolute Gasteiger partial charge is 0.497 e. The van der Waals surface area contributed by atoms with Crippen LogP contribution in [0.1, 0.15) is 25.7 Å². The summed E-state index contributed by atoms with van der Waals surface area (Å²) in [5, 5.41) is 18.1. The second-order valence-corrected chi connectivity index (χ2v) is 6.41. The van der Waals surface area contributed by atoms with Gasteiger partial charge in [0, 0.05) is 10.8 Å². The maximum atomic E-state index is 10.0. The molecule has 1 aliphatic carbocycles. The topological polar surface area (TPSA) is 71.0 Å². The molecule has 1 aromatic heterocycles. The zero-order valence-electron chi connectivity index (χ0n) is 12.0. The van der Waals surface area contributed by atoms with Gasteiger partial charge in [0.2, 0.25) is 5.16 Å². The summed E-state index contributed by atoms with van der Waals surface area (Å²) >= 11 is 1.57. The van der Waals surface area contributed by atoms with Crippen LogP contribution < -0.4 is 4.74 Å². The molecule has 0 radical (unpaired) electrons. The number of H-pyrrole nitrogens is 1. The fourth-order valence-electron chi connectivity index (χ4n) is 2.53. The molecule has 1 fully saturated rings. The lowest BCUT2D eigenvalue weighted by Gasteiger charge is -2.25. The number of rotatable bonds is 4. The number of methoxy groups -OCH3 is 1. The van der Waals surface area contributed by atoms with Gasteiger partial charge in [-0.3, -0.25) is 5.10 Å². The molecule has 2 unspecified atom stereocenters. The van der Waals surface area contributed by atoms with Gasteiger partial charge in [0.1, 0.15) is 5.75 Å². The molecule has 21 heavy (non-hydrogen) atoms. The third-order valence-electron chi connectivity index (χ3n) is 3.75. The van der Waals surface area contributed by atoms with E-state index in [9.17, 15) is 5.11 Å². The van der Waals surface area contributed by atoms with Crippen molar-refractivity contribution in [1.29, 1.82) is 0 Å². The smallest absolute Gasteiger partial charge is 0.209 e. The maximum Gasteiger partial charge on any atom is 0.209 e. The van der Waals surface area contributed by atoms with Crippen LogP contribution in [0.3, 0.4) is 0 Å². The molecule has 0 aliphatic heterocycles. The molecule has 0 spiro atoms. The van der Waals surface area contributed by atoms with E-state index in [0.29, 0.717) is 5.16 Å². The molecular formula is C15H19N3O2S. The number of hydrogen-bond acceptors (Lipinski definition) is 5. The van der Waals surface area contributed by atoms with Crippen LogP contribution in [0.15, 0.2) is 29.4 Å². The molecule has 6 heteroatoms. The number of aromatic nitrogens is 3. The van der Waals surface area contributed by atoms with E-state index in [2.05, 4.69) is 15.2 Å². The van der Waals surface area contributed by atoms with Crippen LogP contribution in [-0.4, -0.2) is 38.8 Å². The first-order chi connectivity index (χ1) is 10.3. The standard InChI is InChI=1S/C15H19N3O2S/c1-20-11-8-6-10(7-9-11)14-16-15(18-17-14)21-13-5-3-2-4-12(13)19/h6-9,12-13,19H,2-5H2,1H3,(H,16,17,18). The molecule has 2 N–H and O–H groups in total. The Morgan fingerprint density at radius 2 is 2.00 bits per heavy atom. The first-order valence-corrected chi connectivity index (χ1v) is 8.06. The molecule has 5 nitrogen and oxygen atoms in total. The number of thioether (sulfide) groups is 1. The predicted octanol–water partition coefficient (Wildman–Crippen LogP) is 2.88. The molecule has 1 aromatic carbocycles. The number of aliphatic hydroxyl groups excluding tert-OH is 1. The average Bonchev–Trinajstić information content (AvgIpc) is 2.98. The number of aliphatic hydroxyl groups is 1. The van der Waals surface area contributed by atoms with Crippen molar-refractivity contribution in [1.82, 2.24) is 15.2 Å². The SMILES string of the molecule is COc1ccc(-c2nc(SC3CCCCC3O)n[nH]2)cc1. The second-order valence-electron chi connectivity index (χ2n) is 5.20. The fourth-order valence-corrected chi connectivity index (χ4v) is 3.62. The zero-order valence-corrected chi connectivity index (χ0v) is 12.8. The number of benzene rings is 1. The van der Waals surface area contributed by atoms with Crippen molar-refractivity contribution in [3.63, 3.8) is 0 Å². The van der Waals surface area contributed by atoms with Gasteiger partial charge in [-0.05, 0) is 37.1 Å². The zero-order chi connectivity index (χ0) is 14.7. The summed E-state index contributed by atoms with van der Waals surface area (Å²) in [5.74, 6) is 1.56. The minimum atomic E-state index is -0.244. The van der Waals surface area contributed by atoms with Crippen LogP contribution in [-0.2, 0) is 0 Å². The van der Waals surface area contributed by atoms with E-state index in [4.69, 9.17) is 4.74 Å². The number of aromatic amines is 1. The maximum absolute atomic E-state index is 10.0. The fraction of sp³-hybridized carbons (Fsp3) is 0.467. The van der Waals surface area contributed by atoms with Gasteiger partial charge in [-0.25, -0.2) is 4.98 Å². The van der Waals surface area contributed by atoms with Gasteiger partial charge in [0.05, 0.1) is 13.2 Å². The molecule has 112 valence electrons. The lowest BCUT2D eigenvalue weighted by Crippen LogP contribution is -2.26. The van der Waals surface area contributed by atoms with E-state index in [1.807, 2.05) is 24.3 Å². The molecule has 2 atom stereocenters.